The fourth-order valence-corrected chi connectivity index (χ4v) is 8.48. The van der Waals surface area contributed by atoms with Gasteiger partial charge in [0.15, 0.2) is 0 Å². The fourth-order valence-electron chi connectivity index (χ4n) is 8.48. The van der Waals surface area contributed by atoms with E-state index in [4.69, 9.17) is 4.74 Å². The van der Waals surface area contributed by atoms with Crippen molar-refractivity contribution in [2.45, 2.75) is 56.9 Å². The fraction of sp³-hybridized carbons (Fsp3) is 0.488. The number of fused-ring (bicyclic) bond motifs is 2. The van der Waals surface area contributed by atoms with Crippen molar-refractivity contribution in [3.8, 4) is 11.1 Å². The molecule has 2 unspecified atom stereocenters. The van der Waals surface area contributed by atoms with E-state index in [1.165, 1.54) is 10.1 Å². The molecule has 308 valence electrons. The highest BCUT2D eigenvalue weighted by Crippen LogP contribution is 2.29. The number of aromatic nitrogens is 5. The van der Waals surface area contributed by atoms with Gasteiger partial charge in [0, 0.05) is 95.2 Å². The van der Waals surface area contributed by atoms with E-state index in [0.29, 0.717) is 43.3 Å². The third-order valence-corrected chi connectivity index (χ3v) is 11.7. The summed E-state index contributed by atoms with van der Waals surface area (Å²) in [6.07, 6.45) is 0.708. The van der Waals surface area contributed by atoms with Gasteiger partial charge in [0.2, 0.25) is 17.8 Å². The maximum absolute atomic E-state index is 13.1. The lowest BCUT2D eigenvalue weighted by Crippen LogP contribution is -2.50. The maximum atomic E-state index is 13.1. The largest absolute Gasteiger partial charge is 0.390 e. The quantitative estimate of drug-likeness (QED) is 0.111. The van der Waals surface area contributed by atoms with Crippen LogP contribution in [0.4, 0.5) is 19.1 Å². The molecule has 17 heteroatoms. The number of carbonyl (C=O) groups excluding carboxylic acids is 2. The van der Waals surface area contributed by atoms with Gasteiger partial charge in [-0.2, -0.15) is 18.2 Å². The molecule has 6 heterocycles. The number of nitrogens with one attached hydrogen (secondary N) is 3. The van der Waals surface area contributed by atoms with Gasteiger partial charge in [-0.15, -0.1) is 0 Å². The summed E-state index contributed by atoms with van der Waals surface area (Å²) in [4.78, 5) is 56.5. The number of benzene rings is 2. The summed E-state index contributed by atoms with van der Waals surface area (Å²) in [5, 5.41) is 5.81. The zero-order valence-electron chi connectivity index (χ0n) is 32.6. The third-order valence-electron chi connectivity index (χ3n) is 11.7. The topological polar surface area (TPSA) is 146 Å². The molecule has 0 bridgehead atoms. The standard InChI is InChI=1S/C41H49F3N10O4/c1-50-35-22-27(4-7-33(35)54(40(50)57)34-8-9-36(55)48-38(34)56)11-20-58-21-19-51-14-10-30(26-51)53-17-15-52(16-18-53)25-28-2-5-29(6-3-28)31-23-46-37-32(31)24-47-39(49-37)45-13-12-41(42,43)44/h2-7,22-24,30,34H,8-21,25-26H2,1H3,(H,48,55,56)(H2,45,46,47,49). The molecule has 0 aliphatic carbocycles. The Morgan fingerprint density at radius 1 is 0.931 bits per heavy atom. The number of imide groups is 1. The molecular weight excluding hydrogens is 754 g/mol. The van der Waals surface area contributed by atoms with Crippen molar-refractivity contribution >= 4 is 39.8 Å². The summed E-state index contributed by atoms with van der Waals surface area (Å²) in [5.74, 6) is -0.578. The van der Waals surface area contributed by atoms with Gasteiger partial charge >= 0.3 is 11.9 Å². The molecule has 2 aromatic carbocycles. The number of aryl methyl sites for hydroxylation is 1. The number of amides is 2. The van der Waals surface area contributed by atoms with Crippen LogP contribution in [0.15, 0.2) is 59.7 Å². The first-order valence-corrected chi connectivity index (χ1v) is 20.0. The van der Waals surface area contributed by atoms with Gasteiger partial charge in [-0.25, -0.2) is 9.78 Å². The van der Waals surface area contributed by atoms with E-state index in [-0.39, 0.29) is 30.5 Å². The second-order valence-electron chi connectivity index (χ2n) is 15.6. The molecule has 2 amide bonds. The van der Waals surface area contributed by atoms with Gasteiger partial charge in [-0.1, -0.05) is 30.3 Å². The monoisotopic (exact) mass is 802 g/mol. The summed E-state index contributed by atoms with van der Waals surface area (Å²) < 4.78 is 46.6. The Morgan fingerprint density at radius 2 is 1.72 bits per heavy atom. The zero-order valence-corrected chi connectivity index (χ0v) is 32.6. The van der Waals surface area contributed by atoms with Crippen LogP contribution >= 0.6 is 0 Å². The van der Waals surface area contributed by atoms with Gasteiger partial charge in [-0.05, 0) is 54.6 Å². The molecule has 2 atom stereocenters. The maximum Gasteiger partial charge on any atom is 0.390 e. The van der Waals surface area contributed by atoms with Crippen molar-refractivity contribution in [1.82, 2.24) is 44.1 Å². The Labute approximate surface area is 333 Å². The number of likely N-dealkylation sites (tertiary alicyclic amines) is 1. The second-order valence-corrected chi connectivity index (χ2v) is 15.6. The lowest BCUT2D eigenvalue weighted by atomic mass is 10.0. The van der Waals surface area contributed by atoms with Crippen molar-refractivity contribution < 1.29 is 27.5 Å². The van der Waals surface area contributed by atoms with Crippen LogP contribution in [0.5, 0.6) is 0 Å². The first-order valence-electron chi connectivity index (χ1n) is 20.0. The number of alkyl halides is 3. The van der Waals surface area contributed by atoms with E-state index in [0.717, 1.165) is 86.4 Å². The summed E-state index contributed by atoms with van der Waals surface area (Å²) in [6, 6.07) is 14.2. The summed E-state index contributed by atoms with van der Waals surface area (Å²) >= 11 is 0. The van der Waals surface area contributed by atoms with Gasteiger partial charge in [0.25, 0.3) is 0 Å². The van der Waals surface area contributed by atoms with Crippen LogP contribution in [-0.4, -0.2) is 128 Å². The van der Waals surface area contributed by atoms with Crippen LogP contribution in [0.1, 0.15) is 42.9 Å². The minimum Gasteiger partial charge on any atom is -0.380 e. The van der Waals surface area contributed by atoms with Crippen LogP contribution < -0.4 is 16.3 Å². The molecule has 5 aromatic rings. The molecule has 3 aliphatic heterocycles. The summed E-state index contributed by atoms with van der Waals surface area (Å²) in [7, 11) is 1.71. The third kappa shape index (κ3) is 8.97. The second kappa shape index (κ2) is 17.0. The van der Waals surface area contributed by atoms with E-state index < -0.39 is 24.5 Å². The number of hydrogen-bond acceptors (Lipinski definition) is 10. The smallest absolute Gasteiger partial charge is 0.380 e. The normalized spacial score (nSPS) is 20.1. The van der Waals surface area contributed by atoms with E-state index in [9.17, 15) is 27.6 Å². The average molecular weight is 803 g/mol. The summed E-state index contributed by atoms with van der Waals surface area (Å²) in [5.41, 5.74) is 6.00. The van der Waals surface area contributed by atoms with Gasteiger partial charge in [0.05, 0.1) is 30.7 Å². The number of aromatic amines is 1. The number of imidazole rings is 1. The summed E-state index contributed by atoms with van der Waals surface area (Å²) in [6.45, 7) is 8.97. The molecule has 3 N–H and O–H groups in total. The number of H-pyrrole nitrogens is 1. The van der Waals surface area contributed by atoms with Crippen LogP contribution in [0.25, 0.3) is 33.2 Å². The number of halogens is 3. The van der Waals surface area contributed by atoms with Crippen LogP contribution in [0, 0.1) is 0 Å². The number of piperidine rings is 1. The number of nitrogens with zero attached hydrogens (tertiary/aromatic N) is 7. The molecule has 3 saturated heterocycles. The lowest BCUT2D eigenvalue weighted by Gasteiger charge is -2.38. The first-order chi connectivity index (χ1) is 28.0. The lowest BCUT2D eigenvalue weighted by molar-refractivity contribution is -0.136. The van der Waals surface area contributed by atoms with Crippen molar-refractivity contribution in [2.75, 3.05) is 70.9 Å². The Morgan fingerprint density at radius 3 is 2.50 bits per heavy atom. The van der Waals surface area contributed by atoms with Crippen LogP contribution in [0.3, 0.4) is 0 Å². The minimum atomic E-state index is -4.23. The first kappa shape index (κ1) is 39.7. The van der Waals surface area contributed by atoms with Crippen molar-refractivity contribution in [2.24, 2.45) is 7.05 Å². The molecule has 0 spiro atoms. The molecular formula is C41H49F3N10O4. The highest BCUT2D eigenvalue weighted by molar-refractivity contribution is 6.00. The number of piperazine rings is 1. The highest BCUT2D eigenvalue weighted by Gasteiger charge is 2.32. The van der Waals surface area contributed by atoms with E-state index in [2.05, 4.69) is 64.6 Å². The van der Waals surface area contributed by atoms with Gasteiger partial charge in [-0.3, -0.25) is 38.7 Å². The van der Waals surface area contributed by atoms with E-state index in [1.54, 1.807) is 17.8 Å². The molecule has 3 aliphatic rings. The predicted molar refractivity (Wildman–Crippen MR) is 213 cm³/mol. The Balaban J connectivity index is 0.742. The van der Waals surface area contributed by atoms with Crippen molar-refractivity contribution in [3.05, 3.63) is 76.5 Å². The van der Waals surface area contributed by atoms with Gasteiger partial charge < -0.3 is 15.0 Å². The highest BCUT2D eigenvalue weighted by atomic mass is 19.4. The van der Waals surface area contributed by atoms with Crippen molar-refractivity contribution in [1.29, 1.82) is 0 Å². The SMILES string of the molecule is Cn1c(=O)n(C2CCC(=O)NC2=O)c2ccc(CCOCCN3CCC(N4CCN(Cc5ccc(-c6c[nH]c7nc(NCCC(F)(F)F)ncc67)cc5)CC4)C3)cc21. The van der Waals surface area contributed by atoms with E-state index in [1.807, 2.05) is 24.4 Å². The molecule has 3 aromatic heterocycles. The molecule has 8 rings (SSSR count). The molecule has 14 nitrogen and oxygen atoms in total. The van der Waals surface area contributed by atoms with Gasteiger partial charge in [0.1, 0.15) is 11.7 Å². The number of ether oxygens (including phenoxy) is 1. The molecule has 3 fully saturated rings. The number of rotatable bonds is 14. The van der Waals surface area contributed by atoms with Crippen LogP contribution in [0.2, 0.25) is 0 Å². The Kier molecular flexibility index (Phi) is 11.6. The zero-order chi connectivity index (χ0) is 40.4. The molecule has 0 radical (unpaired) electrons. The number of hydrogen-bond donors (Lipinski definition) is 3. The average Bonchev–Trinajstić information content (AvgIpc) is 3.92. The molecule has 58 heavy (non-hydrogen) atoms. The van der Waals surface area contributed by atoms with Crippen LogP contribution in [-0.2, 0) is 34.3 Å². The van der Waals surface area contributed by atoms with E-state index >= 15 is 0 Å². The molecule has 0 saturated carbocycles. The Bertz CT molecular complexity index is 2310. The predicted octanol–water partition coefficient (Wildman–Crippen LogP) is 4.07. The Hall–Kier alpha value is -5.10. The number of anilines is 1. The number of carbonyl (C=O) groups is 2. The van der Waals surface area contributed by atoms with Crippen molar-refractivity contribution in [3.63, 3.8) is 0 Å². The minimum absolute atomic E-state index is 0.163.